The third kappa shape index (κ3) is 2.13. The minimum atomic E-state index is 0.648. The second-order valence-corrected chi connectivity index (χ2v) is 4.68. The van der Waals surface area contributed by atoms with Gasteiger partial charge in [0.25, 0.3) is 0 Å². The Kier molecular flexibility index (Phi) is 2.73. The van der Waals surface area contributed by atoms with Crippen molar-refractivity contribution >= 4 is 11.0 Å². The standard InChI is InChI=1S/C13H17N3O/c1-16-9-15-12-6-11(2-3-13(12)16)17-8-10-4-5-14-7-10/h2-3,6,9-10,14H,4-5,7-8H2,1H3. The Bertz CT molecular complexity index is 514. The molecule has 1 unspecified atom stereocenters. The fourth-order valence-electron chi connectivity index (χ4n) is 2.28. The lowest BCUT2D eigenvalue weighted by Gasteiger charge is -2.10. The first kappa shape index (κ1) is 10.6. The van der Waals surface area contributed by atoms with Crippen LogP contribution < -0.4 is 10.1 Å². The maximum absolute atomic E-state index is 5.82. The molecule has 4 nitrogen and oxygen atoms in total. The fraction of sp³-hybridized carbons (Fsp3) is 0.462. The van der Waals surface area contributed by atoms with E-state index in [1.54, 1.807) is 0 Å². The molecule has 2 aromatic rings. The van der Waals surface area contributed by atoms with E-state index in [9.17, 15) is 0 Å². The lowest BCUT2D eigenvalue weighted by atomic mass is 10.1. The van der Waals surface area contributed by atoms with Gasteiger partial charge in [0.15, 0.2) is 0 Å². The predicted octanol–water partition coefficient (Wildman–Crippen LogP) is 1.56. The molecule has 0 amide bonds. The molecular formula is C13H17N3O. The molecule has 1 aliphatic heterocycles. The summed E-state index contributed by atoms with van der Waals surface area (Å²) in [4.78, 5) is 4.33. The first-order valence-electron chi connectivity index (χ1n) is 6.07. The number of hydrogen-bond acceptors (Lipinski definition) is 3. The van der Waals surface area contributed by atoms with Gasteiger partial charge in [0.05, 0.1) is 24.0 Å². The number of fused-ring (bicyclic) bond motifs is 1. The molecule has 1 fully saturated rings. The van der Waals surface area contributed by atoms with Gasteiger partial charge in [-0.3, -0.25) is 0 Å². The maximum atomic E-state index is 5.82. The normalized spacial score (nSPS) is 19.9. The molecule has 4 heteroatoms. The number of hydrogen-bond donors (Lipinski definition) is 1. The molecule has 1 aromatic carbocycles. The zero-order valence-corrected chi connectivity index (χ0v) is 10.0. The summed E-state index contributed by atoms with van der Waals surface area (Å²) in [5.74, 6) is 1.57. The summed E-state index contributed by atoms with van der Waals surface area (Å²) >= 11 is 0. The first-order valence-corrected chi connectivity index (χ1v) is 6.07. The summed E-state index contributed by atoms with van der Waals surface area (Å²) in [6.07, 6.45) is 3.04. The molecule has 0 saturated carbocycles. The van der Waals surface area contributed by atoms with Gasteiger partial charge < -0.3 is 14.6 Å². The number of benzene rings is 1. The Hall–Kier alpha value is -1.55. The van der Waals surface area contributed by atoms with Crippen LogP contribution in [-0.2, 0) is 7.05 Å². The van der Waals surface area contributed by atoms with Crippen molar-refractivity contribution in [3.8, 4) is 5.75 Å². The van der Waals surface area contributed by atoms with Crippen LogP contribution >= 0.6 is 0 Å². The number of nitrogens with zero attached hydrogens (tertiary/aromatic N) is 2. The van der Waals surface area contributed by atoms with Crippen LogP contribution in [0.15, 0.2) is 24.5 Å². The van der Waals surface area contributed by atoms with E-state index in [0.29, 0.717) is 5.92 Å². The maximum Gasteiger partial charge on any atom is 0.121 e. The zero-order chi connectivity index (χ0) is 11.7. The molecule has 0 aliphatic carbocycles. The number of aromatic nitrogens is 2. The number of nitrogens with one attached hydrogen (secondary N) is 1. The van der Waals surface area contributed by atoms with E-state index in [0.717, 1.165) is 36.5 Å². The van der Waals surface area contributed by atoms with Gasteiger partial charge in [-0.2, -0.15) is 0 Å². The van der Waals surface area contributed by atoms with Crippen molar-refractivity contribution in [1.29, 1.82) is 0 Å². The van der Waals surface area contributed by atoms with Crippen LogP contribution in [0.25, 0.3) is 11.0 Å². The average Bonchev–Trinajstić information content (AvgIpc) is 2.97. The molecule has 0 spiro atoms. The summed E-state index contributed by atoms with van der Waals surface area (Å²) in [7, 11) is 2.00. The van der Waals surface area contributed by atoms with Gasteiger partial charge in [-0.1, -0.05) is 0 Å². The third-order valence-electron chi connectivity index (χ3n) is 3.34. The molecule has 0 bridgehead atoms. The molecule has 1 saturated heterocycles. The SMILES string of the molecule is Cn1cnc2cc(OCC3CCNC3)ccc21. The van der Waals surface area contributed by atoms with Crippen LogP contribution in [-0.4, -0.2) is 29.2 Å². The molecule has 2 heterocycles. The quantitative estimate of drug-likeness (QED) is 0.871. The van der Waals surface area contributed by atoms with Gasteiger partial charge in [0.1, 0.15) is 5.75 Å². The van der Waals surface area contributed by atoms with Crippen molar-refractivity contribution < 1.29 is 4.74 Å². The van der Waals surface area contributed by atoms with Crippen LogP contribution in [0.1, 0.15) is 6.42 Å². The van der Waals surface area contributed by atoms with Crippen LogP contribution in [0.4, 0.5) is 0 Å². The molecule has 90 valence electrons. The molecule has 1 aromatic heterocycles. The van der Waals surface area contributed by atoms with Crippen molar-refractivity contribution in [2.75, 3.05) is 19.7 Å². The van der Waals surface area contributed by atoms with Crippen LogP contribution in [0.5, 0.6) is 5.75 Å². The third-order valence-corrected chi connectivity index (χ3v) is 3.34. The lowest BCUT2D eigenvalue weighted by molar-refractivity contribution is 0.260. The molecule has 1 N–H and O–H groups in total. The van der Waals surface area contributed by atoms with E-state index in [1.807, 2.05) is 30.1 Å². The Morgan fingerprint density at radius 3 is 3.29 bits per heavy atom. The van der Waals surface area contributed by atoms with E-state index >= 15 is 0 Å². The van der Waals surface area contributed by atoms with Crippen molar-refractivity contribution in [3.63, 3.8) is 0 Å². The van der Waals surface area contributed by atoms with Crippen LogP contribution in [0.2, 0.25) is 0 Å². The van der Waals surface area contributed by atoms with Gasteiger partial charge in [-0.05, 0) is 25.1 Å². The Morgan fingerprint density at radius 1 is 1.53 bits per heavy atom. The Morgan fingerprint density at radius 2 is 2.47 bits per heavy atom. The van der Waals surface area contributed by atoms with E-state index < -0.39 is 0 Å². The fourth-order valence-corrected chi connectivity index (χ4v) is 2.28. The van der Waals surface area contributed by atoms with E-state index in [-0.39, 0.29) is 0 Å². The van der Waals surface area contributed by atoms with Crippen LogP contribution in [0, 0.1) is 5.92 Å². The molecule has 17 heavy (non-hydrogen) atoms. The van der Waals surface area contributed by atoms with Crippen molar-refractivity contribution in [3.05, 3.63) is 24.5 Å². The second-order valence-electron chi connectivity index (χ2n) is 4.68. The Labute approximate surface area is 101 Å². The Balaban J connectivity index is 1.72. The highest BCUT2D eigenvalue weighted by atomic mass is 16.5. The average molecular weight is 231 g/mol. The zero-order valence-electron chi connectivity index (χ0n) is 10.0. The summed E-state index contributed by atoms with van der Waals surface area (Å²) in [5, 5.41) is 3.35. The largest absolute Gasteiger partial charge is 0.493 e. The van der Waals surface area contributed by atoms with E-state index in [1.165, 1.54) is 6.42 Å². The summed E-state index contributed by atoms with van der Waals surface area (Å²) in [6.45, 7) is 2.99. The van der Waals surface area contributed by atoms with Crippen molar-refractivity contribution in [1.82, 2.24) is 14.9 Å². The molecule has 1 atom stereocenters. The number of ether oxygens (including phenoxy) is 1. The number of imidazole rings is 1. The van der Waals surface area contributed by atoms with E-state index in [2.05, 4.69) is 16.4 Å². The molecule has 3 rings (SSSR count). The summed E-state index contributed by atoms with van der Waals surface area (Å²) in [5.41, 5.74) is 2.13. The predicted molar refractivity (Wildman–Crippen MR) is 67.2 cm³/mol. The first-order chi connectivity index (χ1) is 8.33. The minimum absolute atomic E-state index is 0.648. The van der Waals surface area contributed by atoms with Crippen LogP contribution in [0.3, 0.4) is 0 Å². The van der Waals surface area contributed by atoms with E-state index in [4.69, 9.17) is 4.74 Å². The highest BCUT2D eigenvalue weighted by Gasteiger charge is 2.15. The van der Waals surface area contributed by atoms with Gasteiger partial charge in [-0.15, -0.1) is 0 Å². The second kappa shape index (κ2) is 4.37. The number of aryl methyl sites for hydroxylation is 1. The van der Waals surface area contributed by atoms with Crippen molar-refractivity contribution in [2.45, 2.75) is 6.42 Å². The monoisotopic (exact) mass is 231 g/mol. The lowest BCUT2D eigenvalue weighted by Crippen LogP contribution is -2.15. The minimum Gasteiger partial charge on any atom is -0.493 e. The topological polar surface area (TPSA) is 39.1 Å². The molecule has 0 radical (unpaired) electrons. The highest BCUT2D eigenvalue weighted by Crippen LogP contribution is 2.20. The summed E-state index contributed by atoms with van der Waals surface area (Å²) < 4.78 is 7.83. The highest BCUT2D eigenvalue weighted by molar-refractivity contribution is 5.76. The smallest absolute Gasteiger partial charge is 0.121 e. The molecular weight excluding hydrogens is 214 g/mol. The van der Waals surface area contributed by atoms with Gasteiger partial charge in [-0.25, -0.2) is 4.98 Å². The van der Waals surface area contributed by atoms with Gasteiger partial charge in [0.2, 0.25) is 0 Å². The summed E-state index contributed by atoms with van der Waals surface area (Å²) in [6, 6.07) is 6.09. The van der Waals surface area contributed by atoms with Gasteiger partial charge >= 0.3 is 0 Å². The molecule has 1 aliphatic rings. The van der Waals surface area contributed by atoms with Crippen molar-refractivity contribution in [2.24, 2.45) is 13.0 Å². The number of rotatable bonds is 3. The van der Waals surface area contributed by atoms with Gasteiger partial charge in [0, 0.05) is 25.6 Å².